The van der Waals surface area contributed by atoms with Crippen LogP contribution in [0.15, 0.2) is 24.3 Å². The SMILES string of the molecule is CCCCN(CCCC)c1ccccc1C.[H-].[Li+]. The molecule has 92 valence electrons. The molecule has 0 aliphatic carbocycles. The predicted molar refractivity (Wildman–Crippen MR) is 74.3 cm³/mol. The zero-order valence-corrected chi connectivity index (χ0v) is 12.0. The van der Waals surface area contributed by atoms with Crippen molar-refractivity contribution in [3.05, 3.63) is 29.8 Å². The maximum absolute atomic E-state index is 2.54. The Morgan fingerprint density at radius 2 is 1.53 bits per heavy atom. The minimum absolute atomic E-state index is 0. The summed E-state index contributed by atoms with van der Waals surface area (Å²) < 4.78 is 0. The van der Waals surface area contributed by atoms with Crippen molar-refractivity contribution in [2.45, 2.75) is 46.5 Å². The van der Waals surface area contributed by atoms with Crippen molar-refractivity contribution >= 4 is 5.69 Å². The van der Waals surface area contributed by atoms with Gasteiger partial charge in [0.15, 0.2) is 0 Å². The zero-order chi connectivity index (χ0) is 11.8. The third-order valence-corrected chi connectivity index (χ3v) is 3.02. The maximum Gasteiger partial charge on any atom is 1.00 e. The van der Waals surface area contributed by atoms with Crippen molar-refractivity contribution in [2.75, 3.05) is 18.0 Å². The molecular weight excluding hydrogens is 201 g/mol. The normalized spacial score (nSPS) is 9.82. The smallest absolute Gasteiger partial charge is 1.00 e. The molecule has 0 unspecified atom stereocenters. The third kappa shape index (κ3) is 5.66. The van der Waals surface area contributed by atoms with Crippen molar-refractivity contribution in [3.8, 4) is 0 Å². The van der Waals surface area contributed by atoms with Crippen LogP contribution in [0.25, 0.3) is 0 Å². The number of rotatable bonds is 7. The van der Waals surface area contributed by atoms with E-state index in [2.05, 4.69) is 49.9 Å². The first kappa shape index (κ1) is 16.6. The van der Waals surface area contributed by atoms with E-state index in [0.29, 0.717) is 0 Å². The summed E-state index contributed by atoms with van der Waals surface area (Å²) in [6.07, 6.45) is 5.12. The molecule has 0 heterocycles. The number of para-hydroxylation sites is 1. The Kier molecular flexibility index (Phi) is 9.41. The Morgan fingerprint density at radius 1 is 1.00 bits per heavy atom. The van der Waals surface area contributed by atoms with Gasteiger partial charge in [0.1, 0.15) is 0 Å². The van der Waals surface area contributed by atoms with Gasteiger partial charge >= 0.3 is 18.9 Å². The summed E-state index contributed by atoms with van der Waals surface area (Å²) in [6, 6.07) is 8.73. The van der Waals surface area contributed by atoms with Crippen molar-refractivity contribution in [2.24, 2.45) is 0 Å². The third-order valence-electron chi connectivity index (χ3n) is 3.02. The summed E-state index contributed by atoms with van der Waals surface area (Å²) in [5.74, 6) is 0. The van der Waals surface area contributed by atoms with Crippen LogP contribution in [0.5, 0.6) is 0 Å². The minimum atomic E-state index is 0. The number of hydrogen-bond acceptors (Lipinski definition) is 1. The first-order valence-electron chi connectivity index (χ1n) is 6.60. The van der Waals surface area contributed by atoms with Gasteiger partial charge in [-0.25, -0.2) is 0 Å². The van der Waals surface area contributed by atoms with Crippen LogP contribution in [0.1, 0.15) is 46.5 Å². The summed E-state index contributed by atoms with van der Waals surface area (Å²) in [5.41, 5.74) is 2.82. The Balaban J connectivity index is 0. The molecule has 17 heavy (non-hydrogen) atoms. The van der Waals surface area contributed by atoms with E-state index < -0.39 is 0 Å². The Bertz CT molecular complexity index is 296. The van der Waals surface area contributed by atoms with Crippen LogP contribution in [0.3, 0.4) is 0 Å². The van der Waals surface area contributed by atoms with Crippen molar-refractivity contribution < 1.29 is 20.3 Å². The number of hydrogen-bond donors (Lipinski definition) is 0. The largest absolute Gasteiger partial charge is 1.00 e. The molecule has 1 aromatic rings. The van der Waals surface area contributed by atoms with Crippen LogP contribution in [0.4, 0.5) is 5.69 Å². The molecule has 0 bridgehead atoms. The van der Waals surface area contributed by atoms with Crippen molar-refractivity contribution in [1.29, 1.82) is 0 Å². The molecule has 2 heteroatoms. The second-order valence-corrected chi connectivity index (χ2v) is 4.48. The molecular formula is C15H26LiN. The van der Waals surface area contributed by atoms with Crippen molar-refractivity contribution in [3.63, 3.8) is 0 Å². The fourth-order valence-electron chi connectivity index (χ4n) is 1.97. The van der Waals surface area contributed by atoms with Gasteiger partial charge in [0.05, 0.1) is 0 Å². The van der Waals surface area contributed by atoms with E-state index in [0.717, 1.165) is 0 Å². The quantitative estimate of drug-likeness (QED) is 0.638. The van der Waals surface area contributed by atoms with Gasteiger partial charge in [-0.1, -0.05) is 44.9 Å². The number of nitrogens with zero attached hydrogens (tertiary/aromatic N) is 1. The Morgan fingerprint density at radius 3 is 2.00 bits per heavy atom. The molecule has 1 rings (SSSR count). The standard InChI is InChI=1S/C15H25N.Li.H/c1-4-6-12-16(13-7-5-2)15-11-9-8-10-14(15)3;;/h8-11H,4-7,12-13H2,1-3H3;;/q;+1;-1. The second-order valence-electron chi connectivity index (χ2n) is 4.48. The topological polar surface area (TPSA) is 3.24 Å². The van der Waals surface area contributed by atoms with Gasteiger partial charge in [-0.3, -0.25) is 0 Å². The van der Waals surface area contributed by atoms with Crippen LogP contribution in [0, 0.1) is 6.92 Å². The van der Waals surface area contributed by atoms with Gasteiger partial charge in [0.25, 0.3) is 0 Å². The van der Waals surface area contributed by atoms with E-state index in [1.807, 2.05) is 0 Å². The second kappa shape index (κ2) is 9.63. The molecule has 0 aliphatic heterocycles. The maximum atomic E-state index is 2.54. The summed E-state index contributed by atoms with van der Waals surface area (Å²) in [6.45, 7) is 9.12. The Labute approximate surface area is 120 Å². The molecule has 0 N–H and O–H groups in total. The van der Waals surface area contributed by atoms with Crippen LogP contribution < -0.4 is 23.8 Å². The molecule has 1 aromatic carbocycles. The van der Waals surface area contributed by atoms with Gasteiger partial charge in [-0.2, -0.15) is 0 Å². The van der Waals surface area contributed by atoms with E-state index in [1.54, 1.807) is 0 Å². The van der Waals surface area contributed by atoms with Gasteiger partial charge in [-0.05, 0) is 31.4 Å². The minimum Gasteiger partial charge on any atom is -1.00 e. The van der Waals surface area contributed by atoms with E-state index in [-0.39, 0.29) is 20.3 Å². The average Bonchev–Trinajstić information content (AvgIpc) is 2.31. The summed E-state index contributed by atoms with van der Waals surface area (Å²) in [5, 5.41) is 0. The van der Waals surface area contributed by atoms with Crippen LogP contribution in [-0.4, -0.2) is 13.1 Å². The van der Waals surface area contributed by atoms with E-state index in [1.165, 1.54) is 50.0 Å². The summed E-state index contributed by atoms with van der Waals surface area (Å²) in [4.78, 5) is 2.54. The Hall–Kier alpha value is -0.383. The first-order valence-corrected chi connectivity index (χ1v) is 6.60. The number of anilines is 1. The molecule has 0 saturated heterocycles. The van der Waals surface area contributed by atoms with Crippen LogP contribution >= 0.6 is 0 Å². The number of benzene rings is 1. The molecule has 0 atom stereocenters. The summed E-state index contributed by atoms with van der Waals surface area (Å²) in [7, 11) is 0. The van der Waals surface area contributed by atoms with Gasteiger partial charge in [0.2, 0.25) is 0 Å². The number of unbranched alkanes of at least 4 members (excludes halogenated alkanes) is 2. The van der Waals surface area contributed by atoms with E-state index >= 15 is 0 Å². The molecule has 0 aliphatic rings. The van der Waals surface area contributed by atoms with Crippen molar-refractivity contribution in [1.82, 2.24) is 0 Å². The van der Waals surface area contributed by atoms with Gasteiger partial charge in [-0.15, -0.1) is 0 Å². The molecule has 0 saturated carbocycles. The average molecular weight is 227 g/mol. The summed E-state index contributed by atoms with van der Waals surface area (Å²) >= 11 is 0. The molecule has 0 amide bonds. The predicted octanol–water partition coefficient (Wildman–Crippen LogP) is 1.52. The number of aryl methyl sites for hydroxylation is 1. The molecule has 1 nitrogen and oxygen atoms in total. The fraction of sp³-hybridized carbons (Fsp3) is 0.600. The monoisotopic (exact) mass is 227 g/mol. The van der Waals surface area contributed by atoms with Gasteiger partial charge in [0, 0.05) is 18.8 Å². The molecule has 0 aromatic heterocycles. The van der Waals surface area contributed by atoms with Crippen LogP contribution in [-0.2, 0) is 0 Å². The van der Waals surface area contributed by atoms with E-state index in [4.69, 9.17) is 0 Å². The molecule has 0 radical (unpaired) electrons. The fourth-order valence-corrected chi connectivity index (χ4v) is 1.97. The van der Waals surface area contributed by atoms with E-state index in [9.17, 15) is 0 Å². The first-order chi connectivity index (χ1) is 7.79. The zero-order valence-electron chi connectivity index (χ0n) is 13.0. The molecule has 0 fully saturated rings. The molecule has 0 spiro atoms. The van der Waals surface area contributed by atoms with Crippen LogP contribution in [0.2, 0.25) is 0 Å². The van der Waals surface area contributed by atoms with Gasteiger partial charge < -0.3 is 6.33 Å².